The maximum Gasteiger partial charge on any atom is 0.257 e. The largest absolute Gasteiger partial charge is 0.506 e. The molecule has 0 spiro atoms. The number of halogens is 1. The molecule has 1 amide bonds. The number of fused-ring (bicyclic) bond motifs is 1. The summed E-state index contributed by atoms with van der Waals surface area (Å²) < 4.78 is 0.773. The van der Waals surface area contributed by atoms with Gasteiger partial charge in [0.1, 0.15) is 17.5 Å². The lowest BCUT2D eigenvalue weighted by atomic mass is 10.2. The fourth-order valence-electron chi connectivity index (χ4n) is 3.07. The van der Waals surface area contributed by atoms with Crippen LogP contribution in [0.3, 0.4) is 0 Å². The second-order valence-electron chi connectivity index (χ2n) is 5.90. The number of phenols is 1. The standard InChI is InChI=1S/C19H13BrN4O2/c20-13-4-1-2-5-15(13)24-18(26)16-6-3-9-23(16)19(24)22-14-8-7-12(11-21)10-17(14)25/h1-5,7-10,16,25H,6H2. The Morgan fingerprint density at radius 2 is 2.08 bits per heavy atom. The molecule has 7 heteroatoms. The number of phenolic OH excluding ortho intramolecular Hbond substituents is 1. The van der Waals surface area contributed by atoms with Gasteiger partial charge in [0.2, 0.25) is 5.96 Å². The van der Waals surface area contributed by atoms with Crippen LogP contribution in [-0.2, 0) is 4.79 Å². The quantitative estimate of drug-likeness (QED) is 0.821. The zero-order valence-corrected chi connectivity index (χ0v) is 15.1. The van der Waals surface area contributed by atoms with E-state index in [0.717, 1.165) is 4.47 Å². The molecule has 2 aromatic rings. The summed E-state index contributed by atoms with van der Waals surface area (Å²) in [6.45, 7) is 0. The van der Waals surface area contributed by atoms with Gasteiger partial charge in [-0.25, -0.2) is 9.89 Å². The monoisotopic (exact) mass is 408 g/mol. The van der Waals surface area contributed by atoms with Gasteiger partial charge in [-0.3, -0.25) is 4.79 Å². The lowest BCUT2D eigenvalue weighted by molar-refractivity contribution is -0.119. The van der Waals surface area contributed by atoms with Crippen LogP contribution in [0.25, 0.3) is 0 Å². The van der Waals surface area contributed by atoms with Crippen molar-refractivity contribution < 1.29 is 9.90 Å². The van der Waals surface area contributed by atoms with Crippen molar-refractivity contribution in [3.05, 3.63) is 64.8 Å². The first-order valence-corrected chi connectivity index (χ1v) is 8.75. The molecular weight excluding hydrogens is 396 g/mol. The van der Waals surface area contributed by atoms with Crippen LogP contribution in [0.15, 0.2) is 64.2 Å². The molecule has 0 aliphatic carbocycles. The Morgan fingerprint density at radius 3 is 2.81 bits per heavy atom. The van der Waals surface area contributed by atoms with E-state index in [9.17, 15) is 9.90 Å². The van der Waals surface area contributed by atoms with E-state index in [0.29, 0.717) is 29.3 Å². The highest BCUT2D eigenvalue weighted by molar-refractivity contribution is 9.10. The average Bonchev–Trinajstić information content (AvgIpc) is 3.21. The van der Waals surface area contributed by atoms with E-state index < -0.39 is 0 Å². The highest BCUT2D eigenvalue weighted by atomic mass is 79.9. The summed E-state index contributed by atoms with van der Waals surface area (Å²) >= 11 is 3.49. The number of aliphatic imine (C=N–C) groups is 1. The van der Waals surface area contributed by atoms with Crippen LogP contribution in [0.2, 0.25) is 0 Å². The van der Waals surface area contributed by atoms with Crippen LogP contribution < -0.4 is 4.90 Å². The molecule has 2 aromatic carbocycles. The van der Waals surface area contributed by atoms with Gasteiger partial charge in [-0.05, 0) is 52.7 Å². The lowest BCUT2D eigenvalue weighted by Crippen LogP contribution is -2.33. The molecule has 1 N–H and O–H groups in total. The van der Waals surface area contributed by atoms with E-state index in [1.165, 1.54) is 6.07 Å². The second-order valence-corrected chi connectivity index (χ2v) is 6.75. The molecule has 1 unspecified atom stereocenters. The Morgan fingerprint density at radius 1 is 1.27 bits per heavy atom. The molecule has 128 valence electrons. The van der Waals surface area contributed by atoms with E-state index in [-0.39, 0.29) is 17.7 Å². The van der Waals surface area contributed by atoms with Crippen molar-refractivity contribution >= 4 is 39.2 Å². The third kappa shape index (κ3) is 2.55. The number of rotatable bonds is 2. The summed E-state index contributed by atoms with van der Waals surface area (Å²) in [6, 6.07) is 13.6. The molecule has 1 fully saturated rings. The van der Waals surface area contributed by atoms with E-state index in [1.807, 2.05) is 42.6 Å². The summed E-state index contributed by atoms with van der Waals surface area (Å²) in [5.74, 6) is 0.233. The van der Waals surface area contributed by atoms with Gasteiger partial charge in [-0.15, -0.1) is 0 Å². The summed E-state index contributed by atoms with van der Waals surface area (Å²) in [7, 11) is 0. The normalized spacial score (nSPS) is 19.9. The Balaban J connectivity index is 1.86. The Hall–Kier alpha value is -3.11. The topological polar surface area (TPSA) is 79.9 Å². The molecule has 0 bridgehead atoms. The number of nitrogens with zero attached hydrogens (tertiary/aromatic N) is 4. The van der Waals surface area contributed by atoms with Crippen molar-refractivity contribution in [2.75, 3.05) is 4.90 Å². The number of benzene rings is 2. The molecule has 1 saturated heterocycles. The smallest absolute Gasteiger partial charge is 0.257 e. The van der Waals surface area contributed by atoms with Crippen molar-refractivity contribution in [1.29, 1.82) is 5.26 Å². The number of guanidine groups is 1. The van der Waals surface area contributed by atoms with Crippen LogP contribution in [0, 0.1) is 11.3 Å². The molecule has 1 atom stereocenters. The van der Waals surface area contributed by atoms with Crippen LogP contribution in [0.5, 0.6) is 5.75 Å². The van der Waals surface area contributed by atoms with E-state index in [4.69, 9.17) is 5.26 Å². The number of carbonyl (C=O) groups is 1. The van der Waals surface area contributed by atoms with Crippen molar-refractivity contribution in [2.45, 2.75) is 12.5 Å². The third-order valence-corrected chi connectivity index (χ3v) is 4.99. The zero-order chi connectivity index (χ0) is 18.3. The number of amides is 1. The number of carbonyl (C=O) groups excluding carboxylic acids is 1. The van der Waals surface area contributed by atoms with E-state index in [2.05, 4.69) is 20.9 Å². The summed E-state index contributed by atoms with van der Waals surface area (Å²) in [5, 5.41) is 19.1. The molecule has 0 aromatic heterocycles. The second kappa shape index (κ2) is 6.32. The number of hydrogen-bond acceptors (Lipinski definition) is 4. The van der Waals surface area contributed by atoms with Crippen molar-refractivity contribution in [1.82, 2.24) is 4.90 Å². The molecule has 6 nitrogen and oxygen atoms in total. The molecule has 2 aliphatic heterocycles. The Labute approximate surface area is 158 Å². The van der Waals surface area contributed by atoms with E-state index >= 15 is 0 Å². The van der Waals surface area contributed by atoms with Crippen molar-refractivity contribution in [3.8, 4) is 11.8 Å². The predicted molar refractivity (Wildman–Crippen MR) is 101 cm³/mol. The Kier molecular flexibility index (Phi) is 3.98. The molecule has 0 saturated carbocycles. The van der Waals surface area contributed by atoms with Gasteiger partial charge in [0, 0.05) is 10.7 Å². The highest BCUT2D eigenvalue weighted by Gasteiger charge is 2.45. The highest BCUT2D eigenvalue weighted by Crippen LogP contribution is 2.37. The maximum atomic E-state index is 13.0. The van der Waals surface area contributed by atoms with Gasteiger partial charge < -0.3 is 10.0 Å². The molecule has 0 radical (unpaired) electrons. The fourth-order valence-corrected chi connectivity index (χ4v) is 3.53. The predicted octanol–water partition coefficient (Wildman–Crippen LogP) is 3.65. The summed E-state index contributed by atoms with van der Waals surface area (Å²) in [5.41, 5.74) is 1.33. The first-order valence-electron chi connectivity index (χ1n) is 7.95. The van der Waals surface area contributed by atoms with E-state index in [1.54, 1.807) is 21.9 Å². The number of nitriles is 1. The van der Waals surface area contributed by atoms with Crippen molar-refractivity contribution in [2.24, 2.45) is 4.99 Å². The van der Waals surface area contributed by atoms with Gasteiger partial charge in [0.05, 0.1) is 17.3 Å². The first-order chi connectivity index (χ1) is 12.6. The number of hydrogen-bond donors (Lipinski definition) is 1. The summed E-state index contributed by atoms with van der Waals surface area (Å²) in [4.78, 5) is 20.9. The van der Waals surface area contributed by atoms with Gasteiger partial charge in [-0.1, -0.05) is 18.2 Å². The van der Waals surface area contributed by atoms with Crippen LogP contribution in [0.1, 0.15) is 12.0 Å². The van der Waals surface area contributed by atoms with Gasteiger partial charge in [-0.2, -0.15) is 5.26 Å². The lowest BCUT2D eigenvalue weighted by Gasteiger charge is -2.20. The number of anilines is 1. The molecule has 2 aliphatic rings. The SMILES string of the molecule is N#Cc1ccc(N=C2N(c3ccccc3Br)C(=O)C3CC=CN23)c(O)c1. The number of aromatic hydroxyl groups is 1. The third-order valence-electron chi connectivity index (χ3n) is 4.32. The van der Waals surface area contributed by atoms with Crippen molar-refractivity contribution in [3.63, 3.8) is 0 Å². The minimum atomic E-state index is -0.332. The zero-order valence-electron chi connectivity index (χ0n) is 13.5. The van der Waals surface area contributed by atoms with Crippen LogP contribution in [0.4, 0.5) is 11.4 Å². The molecule has 2 heterocycles. The minimum Gasteiger partial charge on any atom is -0.506 e. The minimum absolute atomic E-state index is 0.0752. The first kappa shape index (κ1) is 16.4. The van der Waals surface area contributed by atoms with Crippen LogP contribution in [-0.4, -0.2) is 27.9 Å². The molecule has 4 rings (SSSR count). The maximum absolute atomic E-state index is 13.0. The Bertz CT molecular complexity index is 1010. The number of para-hydroxylation sites is 1. The molecule has 26 heavy (non-hydrogen) atoms. The van der Waals surface area contributed by atoms with Crippen LogP contribution >= 0.6 is 15.9 Å². The van der Waals surface area contributed by atoms with Gasteiger partial charge in [0.15, 0.2) is 0 Å². The van der Waals surface area contributed by atoms with Gasteiger partial charge >= 0.3 is 0 Å². The average molecular weight is 409 g/mol. The molecular formula is C19H13BrN4O2. The fraction of sp³-hybridized carbons (Fsp3) is 0.105. The van der Waals surface area contributed by atoms with Gasteiger partial charge in [0.25, 0.3) is 5.91 Å². The summed E-state index contributed by atoms with van der Waals surface area (Å²) in [6.07, 6.45) is 4.37.